The van der Waals surface area contributed by atoms with Gasteiger partial charge in [0.05, 0.1) is 30.5 Å². The minimum Gasteiger partial charge on any atom is -0.393 e. The molecule has 12 saturated carbocycles. The number of aliphatic hydroxyl groups is 3. The number of carbonyl (C=O) groups excluding carboxylic acids is 1. The molecule has 0 radical (unpaired) electrons. The van der Waals surface area contributed by atoms with Crippen LogP contribution < -0.4 is 54.4 Å². The fourth-order valence-corrected chi connectivity index (χ4v) is 33.3. The summed E-state index contributed by atoms with van der Waals surface area (Å²) >= 11 is 0. The van der Waals surface area contributed by atoms with E-state index in [1.54, 1.807) is 0 Å². The van der Waals surface area contributed by atoms with Crippen LogP contribution in [0.15, 0.2) is 12.2 Å². The summed E-state index contributed by atoms with van der Waals surface area (Å²) in [5.74, 6) is 10.3. The smallest absolute Gasteiger partial charge is 0.393 e. The molecule has 18 N–H and O–H groups in total. The van der Waals surface area contributed by atoms with Gasteiger partial charge in [-0.05, 0) is 505 Å². The molecule has 0 amide bonds. The minimum atomic E-state index is -4.46. The molecule has 12 fully saturated rings. The average Bonchev–Trinajstić information content (AvgIpc) is 1.67. The molecule has 0 bridgehead atoms. The summed E-state index contributed by atoms with van der Waals surface area (Å²) in [6, 6.07) is 1.75. The highest BCUT2D eigenvalue weighted by atomic mass is 32.3. The lowest BCUT2D eigenvalue weighted by Gasteiger charge is -2.62. The molecular formula is C105H198N10O12S2. The lowest BCUT2D eigenvalue weighted by atomic mass is 9.43. The summed E-state index contributed by atoms with van der Waals surface area (Å²) in [5.41, 5.74) is 19.2. The van der Waals surface area contributed by atoms with Crippen LogP contribution in [0.1, 0.15) is 354 Å². The average molecular weight is 1860 g/mol. The number of allylic oxidation sites excluding steroid dienone is 1. The molecule has 0 aromatic carbocycles. The number of unbranched alkanes of at least 4 members (excludes halogenated alkanes) is 3. The lowest BCUT2D eigenvalue weighted by Crippen LogP contribution is -2.59. The number of rotatable bonds is 50. The second kappa shape index (κ2) is 50.2. The van der Waals surface area contributed by atoms with E-state index in [1.807, 2.05) is 34.6 Å². The second-order valence-corrected chi connectivity index (χ2v) is 49.8. The molecule has 32 atom stereocenters. The Morgan fingerprint density at radius 2 is 0.636 bits per heavy atom. The van der Waals surface area contributed by atoms with Crippen molar-refractivity contribution in [2.45, 2.75) is 402 Å². The predicted molar refractivity (Wildman–Crippen MR) is 528 cm³/mol. The van der Waals surface area contributed by atoms with E-state index >= 15 is 0 Å². The van der Waals surface area contributed by atoms with Crippen LogP contribution in [-0.2, 0) is 34.0 Å². The van der Waals surface area contributed by atoms with Gasteiger partial charge in [0.1, 0.15) is 0 Å². The minimum absolute atomic E-state index is 0.0137. The van der Waals surface area contributed by atoms with Crippen LogP contribution in [-0.4, -0.2) is 187 Å². The van der Waals surface area contributed by atoms with Crippen LogP contribution >= 0.6 is 0 Å². The fraction of sp³-hybridized carbons (Fsp3) is 0.971. The highest BCUT2D eigenvalue weighted by molar-refractivity contribution is 7.81. The molecule has 14 unspecified atom stereocenters. The zero-order chi connectivity index (χ0) is 93.9. The Kier molecular flexibility index (Phi) is 42.6. The third-order valence-electron chi connectivity index (χ3n) is 39.4. The van der Waals surface area contributed by atoms with Gasteiger partial charge >= 0.3 is 20.8 Å². The van der Waals surface area contributed by atoms with Gasteiger partial charge in [0.2, 0.25) is 0 Å². The van der Waals surface area contributed by atoms with E-state index in [1.165, 1.54) is 161 Å². The number of hydrogen-bond acceptors (Lipinski definition) is 20. The van der Waals surface area contributed by atoms with Gasteiger partial charge in [-0.3, -0.25) is 13.9 Å². The number of carbonyl (C=O) groups is 1. The molecule has 752 valence electrons. The maximum absolute atomic E-state index is 12.2. The lowest BCUT2D eigenvalue weighted by molar-refractivity contribution is -0.167. The quantitative estimate of drug-likeness (QED) is 0.0153. The highest BCUT2D eigenvalue weighted by Crippen LogP contribution is 2.72. The van der Waals surface area contributed by atoms with Crippen molar-refractivity contribution in [3.05, 3.63) is 12.2 Å². The maximum Gasteiger partial charge on any atom is 0.397 e. The number of hydrogen-bond donors (Lipinski definition) is 15. The second-order valence-electron chi connectivity index (χ2n) is 47.7. The van der Waals surface area contributed by atoms with Gasteiger partial charge in [0, 0.05) is 24.5 Å². The normalized spacial score (nSPS) is 38.7. The van der Waals surface area contributed by atoms with Gasteiger partial charge in [-0.25, -0.2) is 8.37 Å². The molecule has 12 aliphatic carbocycles. The number of aliphatic hydroxyl groups excluding tert-OH is 3. The van der Waals surface area contributed by atoms with Crippen molar-refractivity contribution in [3.8, 4) is 0 Å². The molecule has 0 spiro atoms. The Balaban J connectivity index is 0.000000202. The molecule has 0 saturated heterocycles. The Morgan fingerprint density at radius 3 is 0.922 bits per heavy atom. The van der Waals surface area contributed by atoms with Crippen LogP contribution in [0.5, 0.6) is 0 Å². The molecular weight excluding hydrogens is 1660 g/mol. The van der Waals surface area contributed by atoms with Crippen LogP contribution in [0, 0.1) is 151 Å². The van der Waals surface area contributed by atoms with E-state index in [0.717, 1.165) is 169 Å². The van der Waals surface area contributed by atoms with E-state index in [-0.39, 0.29) is 46.8 Å². The van der Waals surface area contributed by atoms with E-state index in [0.29, 0.717) is 171 Å². The summed E-state index contributed by atoms with van der Waals surface area (Å²) in [5, 5.41) is 61.1. The Bertz CT molecular complexity index is 3570. The summed E-state index contributed by atoms with van der Waals surface area (Å²) < 4.78 is 74.3. The zero-order valence-corrected chi connectivity index (χ0v) is 85.8. The topological polar surface area (TPSA) is 367 Å². The Hall–Kier alpha value is -1.37. The monoisotopic (exact) mass is 1860 g/mol. The van der Waals surface area contributed by atoms with Gasteiger partial charge in [-0.15, -0.1) is 0 Å². The molecule has 0 aliphatic heterocycles. The molecule has 0 aromatic rings. The molecule has 129 heavy (non-hydrogen) atoms. The third kappa shape index (κ3) is 28.1. The molecule has 24 heteroatoms. The van der Waals surface area contributed by atoms with Crippen molar-refractivity contribution in [3.63, 3.8) is 0 Å². The standard InChI is InChI=1S/C37H72N4O5S.C34H65N3O5S.C34H61N3O2/c1-26(2)34(46-47(43,44)45)13-10-27(3)30-11-12-31-35-32(15-17-37(30,31)5)36(4)16-14-29(24-28(36)25-33(35)42)41-23-9-22-40-20-7-6-19-39-21-8-18-38;1-23(2)31(42-43(39,40)41)12-9-24(3)27-10-11-28-32-29(14-16-34(27,28)5)33(4)15-13-26(21-25(33)22-30(32)38)37-20-8-19-36-18-7-6-17-35;1-23(2)30(38)12-9-24(3)27-10-11-28-32-29(14-16-34(27,28)5)33(4)15-13-26(21-25(33)22-31(32)39)37-20-8-19-36-18-7-6-17-35/h26-35,39-42H,6-25,38H2,1-5H3,(H,43,44,45);23-32,36-38H,6-22,35H2,1-5H3,(H,39,40,41);24-29,31-32,36-37,39H,1,6-22,35H2,2-5H3/t27-,28-,29+,30?,31?,32?,33-,34?,35?,36+,37-;24-,25-,26+,27?,28?,29?,30-,31?,32?,33+,34-;24-,25-,26+,27?,28?,29?,31-,32?,33+,34-/m111/s1. The number of nitrogens with one attached hydrogen (secondary N) is 7. The number of ketones is 1. The first-order valence-electron chi connectivity index (χ1n) is 53.9. The highest BCUT2D eigenvalue weighted by Gasteiger charge is 2.67. The molecule has 0 heterocycles. The summed E-state index contributed by atoms with van der Waals surface area (Å²) in [4.78, 5) is 12.2. The number of fused-ring (bicyclic) bond motifs is 15. The SMILES string of the molecule is C=C(C)C(=O)CC[C@@H](C)C1CCC2C3C(CC[C@@]21C)[C@@]1(C)CC[C@H](NCCCNCCCCN)C[C@@H]1C[C@H]3O.CC(C)C(CC[C@@H](C)C1CCC2C3C(CC[C@@]21C)[C@@]1(C)CC[C@H](NCCCNCCCCN)C[C@@H]1C[C@H]3O)OS(=O)(=O)O.CC(C)C(CC[C@@H](C)C1CCC2C3C(CC[C@@]21C)[C@@]1(C)CC[C@H](NCCCNCCCCNCCCN)C[C@@H]1C[C@H]3O)OS(=O)(=O)O. The molecule has 12 aliphatic rings. The summed E-state index contributed by atoms with van der Waals surface area (Å²) in [6.45, 7) is 49.9. The van der Waals surface area contributed by atoms with Crippen LogP contribution in [0.25, 0.3) is 0 Å². The third-order valence-corrected chi connectivity index (χ3v) is 40.4. The van der Waals surface area contributed by atoms with Crippen LogP contribution in [0.4, 0.5) is 0 Å². The van der Waals surface area contributed by atoms with E-state index < -0.39 is 33.0 Å². The number of Topliss-reactive ketones (excluding diaryl/α,β-unsaturated/α-hetero) is 1. The molecule has 22 nitrogen and oxygen atoms in total. The maximum atomic E-state index is 12.2. The van der Waals surface area contributed by atoms with Gasteiger partial charge in [-0.2, -0.15) is 16.8 Å². The van der Waals surface area contributed by atoms with Crippen molar-refractivity contribution in [2.24, 2.45) is 168 Å². The van der Waals surface area contributed by atoms with Gasteiger partial charge in [0.25, 0.3) is 0 Å². The first-order chi connectivity index (χ1) is 61.2. The van der Waals surface area contributed by atoms with Gasteiger partial charge in [0.15, 0.2) is 5.78 Å². The largest absolute Gasteiger partial charge is 0.397 e. The predicted octanol–water partition coefficient (Wildman–Crippen LogP) is 16.9. The Morgan fingerprint density at radius 1 is 0.364 bits per heavy atom. The van der Waals surface area contributed by atoms with Crippen molar-refractivity contribution >= 4 is 26.6 Å². The first-order valence-corrected chi connectivity index (χ1v) is 56.6. The summed E-state index contributed by atoms with van der Waals surface area (Å²) in [7, 11) is -8.91. The van der Waals surface area contributed by atoms with Crippen molar-refractivity contribution in [2.75, 3.05) is 91.6 Å². The van der Waals surface area contributed by atoms with E-state index in [9.17, 15) is 46.1 Å². The van der Waals surface area contributed by atoms with Gasteiger partial charge < -0.3 is 69.7 Å². The number of nitrogens with two attached hydrogens (primary N) is 3. The van der Waals surface area contributed by atoms with Crippen molar-refractivity contribution < 1.29 is 54.4 Å². The van der Waals surface area contributed by atoms with E-state index in [2.05, 4.69) is 106 Å². The molecule has 0 aromatic heterocycles. The van der Waals surface area contributed by atoms with Crippen molar-refractivity contribution in [1.29, 1.82) is 0 Å². The van der Waals surface area contributed by atoms with Gasteiger partial charge in [-0.1, -0.05) is 96.6 Å². The van der Waals surface area contributed by atoms with E-state index in [4.69, 9.17) is 25.6 Å². The fourth-order valence-electron chi connectivity index (χ4n) is 32.1. The molecule has 12 rings (SSSR count). The van der Waals surface area contributed by atoms with Crippen molar-refractivity contribution in [1.82, 2.24) is 37.2 Å². The zero-order valence-electron chi connectivity index (χ0n) is 84.2. The Labute approximate surface area is 787 Å². The summed E-state index contributed by atoms with van der Waals surface area (Å²) in [6.07, 6.45) is 43.6. The van der Waals surface area contributed by atoms with Crippen LogP contribution in [0.2, 0.25) is 0 Å². The van der Waals surface area contributed by atoms with Crippen LogP contribution in [0.3, 0.4) is 0 Å². The first kappa shape index (κ1) is 110.